The van der Waals surface area contributed by atoms with E-state index in [4.69, 9.17) is 10.8 Å². The summed E-state index contributed by atoms with van der Waals surface area (Å²) < 4.78 is 0. The fourth-order valence-electron chi connectivity index (χ4n) is 0.633. The van der Waals surface area contributed by atoms with E-state index in [1.807, 2.05) is 6.26 Å². The highest BCUT2D eigenvalue weighted by molar-refractivity contribution is 7.98. The van der Waals surface area contributed by atoms with Gasteiger partial charge in [-0.05, 0) is 18.4 Å². The number of aliphatic hydroxyl groups is 1. The van der Waals surface area contributed by atoms with Gasteiger partial charge < -0.3 is 10.8 Å². The first-order chi connectivity index (χ1) is 5.09. The molecule has 0 radical (unpaired) electrons. The van der Waals surface area contributed by atoms with Crippen LogP contribution in [0.5, 0.6) is 0 Å². The maximum absolute atomic E-state index is 8.91. The van der Waals surface area contributed by atoms with Crippen molar-refractivity contribution < 1.29 is 5.11 Å². The molecule has 2 nitrogen and oxygen atoms in total. The summed E-state index contributed by atoms with van der Waals surface area (Å²) in [6, 6.07) is -0.153. The lowest BCUT2D eigenvalue weighted by molar-refractivity contribution is 0.417. The first-order valence-electron chi connectivity index (χ1n) is 3.41. The summed E-state index contributed by atoms with van der Waals surface area (Å²) in [6.45, 7) is 6.98. The van der Waals surface area contributed by atoms with Crippen LogP contribution in [0.4, 0.5) is 0 Å². The van der Waals surface area contributed by atoms with Crippen molar-refractivity contribution in [2.45, 2.75) is 12.5 Å². The van der Waals surface area contributed by atoms with E-state index < -0.39 is 0 Å². The van der Waals surface area contributed by atoms with Crippen molar-refractivity contribution in [2.75, 3.05) is 12.0 Å². The second kappa shape index (κ2) is 5.27. The predicted molar refractivity (Wildman–Crippen MR) is 51.9 cm³/mol. The van der Waals surface area contributed by atoms with Crippen molar-refractivity contribution in [3.05, 3.63) is 24.5 Å². The van der Waals surface area contributed by atoms with E-state index in [0.717, 1.165) is 12.2 Å². The summed E-state index contributed by atoms with van der Waals surface area (Å²) in [7, 11) is 0. The Morgan fingerprint density at radius 3 is 2.55 bits per heavy atom. The zero-order valence-electron chi connectivity index (χ0n) is 6.84. The van der Waals surface area contributed by atoms with E-state index in [9.17, 15) is 0 Å². The Morgan fingerprint density at radius 2 is 2.18 bits per heavy atom. The Balaban J connectivity index is 3.73. The van der Waals surface area contributed by atoms with E-state index in [0.29, 0.717) is 5.57 Å². The number of hydrogen-bond acceptors (Lipinski definition) is 3. The van der Waals surface area contributed by atoms with Gasteiger partial charge in [-0.3, -0.25) is 0 Å². The van der Waals surface area contributed by atoms with Crippen LogP contribution in [0.1, 0.15) is 6.42 Å². The van der Waals surface area contributed by atoms with Gasteiger partial charge in [-0.25, -0.2) is 0 Å². The molecule has 3 heteroatoms. The molecule has 0 heterocycles. The van der Waals surface area contributed by atoms with E-state index in [2.05, 4.69) is 13.2 Å². The molecular weight excluding hydrogens is 158 g/mol. The Hall–Kier alpha value is -0.410. The quantitative estimate of drug-likeness (QED) is 0.491. The molecule has 0 spiro atoms. The van der Waals surface area contributed by atoms with Crippen molar-refractivity contribution in [3.63, 3.8) is 0 Å². The third-order valence-electron chi connectivity index (χ3n) is 1.45. The molecule has 0 fully saturated rings. The number of rotatable bonds is 5. The largest absolute Gasteiger partial charge is 0.508 e. The lowest BCUT2D eigenvalue weighted by Crippen LogP contribution is -2.23. The standard InChI is InChI=1S/C8H15NOS/c1-6(7(2)10)8(9)4-5-11-3/h8,10H,1-2,4-5,9H2,3H3/t8-/m0/s1. The van der Waals surface area contributed by atoms with Crippen molar-refractivity contribution in [1.29, 1.82) is 0 Å². The van der Waals surface area contributed by atoms with Gasteiger partial charge in [0.15, 0.2) is 0 Å². The SMILES string of the molecule is C=C(O)C(=C)[C@@H](N)CCSC. The van der Waals surface area contributed by atoms with Gasteiger partial charge >= 0.3 is 0 Å². The van der Waals surface area contributed by atoms with Crippen molar-refractivity contribution in [1.82, 2.24) is 0 Å². The molecule has 64 valence electrons. The average Bonchev–Trinajstić information content (AvgIpc) is 1.98. The lowest BCUT2D eigenvalue weighted by Gasteiger charge is -2.12. The number of nitrogens with two attached hydrogens (primary N) is 1. The van der Waals surface area contributed by atoms with Crippen LogP contribution >= 0.6 is 11.8 Å². The van der Waals surface area contributed by atoms with Crippen LogP contribution in [0.3, 0.4) is 0 Å². The normalized spacial score (nSPS) is 12.5. The van der Waals surface area contributed by atoms with Crippen LogP contribution < -0.4 is 5.73 Å². The average molecular weight is 173 g/mol. The zero-order chi connectivity index (χ0) is 8.85. The van der Waals surface area contributed by atoms with Gasteiger partial charge in [0.2, 0.25) is 0 Å². The predicted octanol–water partition coefficient (Wildman–Crippen LogP) is 1.69. The Labute approximate surface area is 72.2 Å². The van der Waals surface area contributed by atoms with Gasteiger partial charge in [-0.2, -0.15) is 11.8 Å². The van der Waals surface area contributed by atoms with Crippen molar-refractivity contribution in [2.24, 2.45) is 5.73 Å². The summed E-state index contributed by atoms with van der Waals surface area (Å²) in [5.74, 6) is 0.978. The molecule has 11 heavy (non-hydrogen) atoms. The third-order valence-corrected chi connectivity index (χ3v) is 2.10. The number of hydrogen-bond donors (Lipinski definition) is 2. The van der Waals surface area contributed by atoms with Crippen molar-refractivity contribution >= 4 is 11.8 Å². The molecule has 0 aromatic rings. The van der Waals surface area contributed by atoms with E-state index in [1.54, 1.807) is 11.8 Å². The van der Waals surface area contributed by atoms with Gasteiger partial charge in [0, 0.05) is 11.6 Å². The number of thioether (sulfide) groups is 1. The molecule has 0 bridgehead atoms. The lowest BCUT2D eigenvalue weighted by atomic mass is 10.1. The van der Waals surface area contributed by atoms with E-state index in [-0.39, 0.29) is 11.8 Å². The monoisotopic (exact) mass is 173 g/mol. The molecular formula is C8H15NOS. The van der Waals surface area contributed by atoms with Gasteiger partial charge in [0.05, 0.1) is 0 Å². The second-order valence-corrected chi connectivity index (χ2v) is 3.35. The first kappa shape index (κ1) is 10.6. The molecule has 1 atom stereocenters. The molecule has 0 rings (SSSR count). The van der Waals surface area contributed by atoms with Crippen molar-refractivity contribution in [3.8, 4) is 0 Å². The van der Waals surface area contributed by atoms with Gasteiger partial charge in [0.1, 0.15) is 5.76 Å². The minimum Gasteiger partial charge on any atom is -0.508 e. The molecule has 0 saturated heterocycles. The molecule has 0 aromatic carbocycles. The fourth-order valence-corrected chi connectivity index (χ4v) is 1.12. The smallest absolute Gasteiger partial charge is 0.112 e. The Morgan fingerprint density at radius 1 is 1.64 bits per heavy atom. The van der Waals surface area contributed by atoms with Gasteiger partial charge in [-0.1, -0.05) is 13.2 Å². The molecule has 0 aliphatic rings. The molecule has 0 saturated carbocycles. The number of aliphatic hydroxyl groups excluding tert-OH is 1. The summed E-state index contributed by atoms with van der Waals surface area (Å²) >= 11 is 1.73. The topological polar surface area (TPSA) is 46.2 Å². The minimum atomic E-state index is -0.153. The van der Waals surface area contributed by atoms with Crippen LogP contribution in [0.15, 0.2) is 24.5 Å². The van der Waals surface area contributed by atoms with Crippen LogP contribution in [-0.2, 0) is 0 Å². The summed E-state index contributed by atoms with van der Waals surface area (Å²) in [6.07, 6.45) is 2.85. The zero-order valence-corrected chi connectivity index (χ0v) is 7.66. The maximum atomic E-state index is 8.91. The molecule has 0 aliphatic heterocycles. The van der Waals surface area contributed by atoms with E-state index >= 15 is 0 Å². The van der Waals surface area contributed by atoms with Crippen LogP contribution in [0.2, 0.25) is 0 Å². The Kier molecular flexibility index (Phi) is 5.07. The summed E-state index contributed by atoms with van der Waals surface area (Å²) in [4.78, 5) is 0. The third kappa shape index (κ3) is 4.11. The minimum absolute atomic E-state index is 0.00129. The highest BCUT2D eigenvalue weighted by atomic mass is 32.2. The fraction of sp³-hybridized carbons (Fsp3) is 0.500. The first-order valence-corrected chi connectivity index (χ1v) is 4.80. The molecule has 3 N–H and O–H groups in total. The molecule has 0 unspecified atom stereocenters. The molecule has 0 aromatic heterocycles. The molecule has 0 aliphatic carbocycles. The summed E-state index contributed by atoms with van der Waals surface area (Å²) in [5.41, 5.74) is 6.21. The highest BCUT2D eigenvalue weighted by Crippen LogP contribution is 2.10. The van der Waals surface area contributed by atoms with Gasteiger partial charge in [-0.15, -0.1) is 0 Å². The van der Waals surface area contributed by atoms with Crippen LogP contribution in [0.25, 0.3) is 0 Å². The molecule has 0 amide bonds. The Bertz CT molecular complexity index is 156. The maximum Gasteiger partial charge on any atom is 0.112 e. The highest BCUT2D eigenvalue weighted by Gasteiger charge is 2.08. The van der Waals surface area contributed by atoms with Crippen LogP contribution in [-0.4, -0.2) is 23.2 Å². The second-order valence-electron chi connectivity index (χ2n) is 2.36. The van der Waals surface area contributed by atoms with Gasteiger partial charge in [0.25, 0.3) is 0 Å². The van der Waals surface area contributed by atoms with E-state index in [1.165, 1.54) is 0 Å². The summed E-state index contributed by atoms with van der Waals surface area (Å²) in [5, 5.41) is 8.91. The van der Waals surface area contributed by atoms with Crippen LogP contribution in [0, 0.1) is 0 Å².